The first-order valence-corrected chi connectivity index (χ1v) is 13.6. The molecule has 2 amide bonds. The lowest BCUT2D eigenvalue weighted by atomic mass is 10.00. The molecule has 0 bridgehead atoms. The Balaban J connectivity index is 1.29. The average molecular weight is 542 g/mol. The van der Waals surface area contributed by atoms with Crippen LogP contribution in [0.25, 0.3) is 5.78 Å². The van der Waals surface area contributed by atoms with E-state index in [0.29, 0.717) is 17.9 Å². The molecule has 1 fully saturated rings. The van der Waals surface area contributed by atoms with E-state index in [4.69, 9.17) is 9.72 Å². The van der Waals surface area contributed by atoms with E-state index in [0.717, 1.165) is 55.0 Å². The molecule has 1 aliphatic rings. The fourth-order valence-corrected chi connectivity index (χ4v) is 5.33. The number of anilines is 1. The Kier molecular flexibility index (Phi) is 8.23. The number of ether oxygens (including phenoxy) is 1. The maximum atomic E-state index is 13.3. The molecule has 0 saturated carbocycles. The Morgan fingerprint density at radius 2 is 1.82 bits per heavy atom. The van der Waals surface area contributed by atoms with Crippen LogP contribution in [0.1, 0.15) is 42.1 Å². The molecule has 4 aromatic rings. The zero-order valence-corrected chi connectivity index (χ0v) is 23.1. The summed E-state index contributed by atoms with van der Waals surface area (Å²) in [6.07, 6.45) is 4.18. The first-order chi connectivity index (χ1) is 19.4. The minimum absolute atomic E-state index is 0.00272. The van der Waals surface area contributed by atoms with Crippen molar-refractivity contribution in [2.24, 2.45) is 0 Å². The van der Waals surface area contributed by atoms with Gasteiger partial charge in [-0.05, 0) is 43.0 Å². The SMILES string of the molecule is COc1cccc(C[C@H](NC(C)=O)C(=O)NC2CCN(c3c(Cc4ccccc4)c(C)nc4ncnn34)CC2)c1. The van der Waals surface area contributed by atoms with Crippen molar-refractivity contribution in [3.05, 3.63) is 83.3 Å². The van der Waals surface area contributed by atoms with Crippen molar-refractivity contribution in [1.82, 2.24) is 30.2 Å². The van der Waals surface area contributed by atoms with Crippen molar-refractivity contribution in [1.29, 1.82) is 0 Å². The van der Waals surface area contributed by atoms with Crippen molar-refractivity contribution >= 4 is 23.4 Å². The van der Waals surface area contributed by atoms with Gasteiger partial charge >= 0.3 is 0 Å². The third-order valence-electron chi connectivity index (χ3n) is 7.34. The summed E-state index contributed by atoms with van der Waals surface area (Å²) >= 11 is 0. The first kappa shape index (κ1) is 27.1. The second-order valence-corrected chi connectivity index (χ2v) is 10.2. The van der Waals surface area contributed by atoms with Crippen LogP contribution in [-0.4, -0.2) is 63.7 Å². The van der Waals surface area contributed by atoms with Gasteiger partial charge in [0.15, 0.2) is 0 Å². The summed E-state index contributed by atoms with van der Waals surface area (Å²) in [6, 6.07) is 17.2. The van der Waals surface area contributed by atoms with E-state index in [-0.39, 0.29) is 17.9 Å². The molecule has 5 rings (SSSR count). The fourth-order valence-electron chi connectivity index (χ4n) is 5.33. The zero-order chi connectivity index (χ0) is 28.1. The Morgan fingerprint density at radius 3 is 2.55 bits per heavy atom. The van der Waals surface area contributed by atoms with Gasteiger partial charge in [-0.2, -0.15) is 14.6 Å². The van der Waals surface area contributed by atoms with E-state index >= 15 is 0 Å². The van der Waals surface area contributed by atoms with Gasteiger partial charge in [0.2, 0.25) is 11.8 Å². The summed E-state index contributed by atoms with van der Waals surface area (Å²) in [5, 5.41) is 10.5. The third kappa shape index (κ3) is 6.22. The number of aryl methyl sites for hydroxylation is 1. The second-order valence-electron chi connectivity index (χ2n) is 10.2. The molecule has 40 heavy (non-hydrogen) atoms. The molecule has 10 nitrogen and oxygen atoms in total. The van der Waals surface area contributed by atoms with Gasteiger partial charge in [-0.1, -0.05) is 42.5 Å². The molecule has 0 spiro atoms. The van der Waals surface area contributed by atoms with E-state index in [1.807, 2.05) is 53.9 Å². The number of hydrogen-bond donors (Lipinski definition) is 2. The Bertz CT molecular complexity index is 1480. The minimum Gasteiger partial charge on any atom is -0.497 e. The van der Waals surface area contributed by atoms with Crippen LogP contribution in [0.4, 0.5) is 5.82 Å². The summed E-state index contributed by atoms with van der Waals surface area (Å²) in [6.45, 7) is 4.94. The predicted octanol–water partition coefficient (Wildman–Crippen LogP) is 2.86. The Labute approximate surface area is 233 Å². The number of methoxy groups -OCH3 is 1. The van der Waals surface area contributed by atoms with Crippen molar-refractivity contribution in [3.8, 4) is 5.75 Å². The van der Waals surface area contributed by atoms with E-state index in [2.05, 4.69) is 37.7 Å². The first-order valence-electron chi connectivity index (χ1n) is 13.6. The number of piperidine rings is 1. The monoisotopic (exact) mass is 541 g/mol. The van der Waals surface area contributed by atoms with Crippen LogP contribution < -0.4 is 20.3 Å². The van der Waals surface area contributed by atoms with Gasteiger partial charge in [-0.25, -0.2) is 4.98 Å². The van der Waals surface area contributed by atoms with Crippen LogP contribution >= 0.6 is 0 Å². The number of rotatable bonds is 9. The second kappa shape index (κ2) is 12.1. The number of hydrogen-bond acceptors (Lipinski definition) is 7. The van der Waals surface area contributed by atoms with Gasteiger partial charge in [-0.3, -0.25) is 9.59 Å². The van der Waals surface area contributed by atoms with E-state index < -0.39 is 6.04 Å². The predicted molar refractivity (Wildman–Crippen MR) is 152 cm³/mol. The number of aromatic nitrogens is 4. The van der Waals surface area contributed by atoms with Gasteiger partial charge in [-0.15, -0.1) is 0 Å². The maximum absolute atomic E-state index is 13.3. The van der Waals surface area contributed by atoms with Gasteiger partial charge in [0.1, 0.15) is 23.9 Å². The summed E-state index contributed by atoms with van der Waals surface area (Å²) in [7, 11) is 1.61. The molecule has 0 aliphatic carbocycles. The average Bonchev–Trinajstić information content (AvgIpc) is 3.42. The molecule has 2 N–H and O–H groups in total. The van der Waals surface area contributed by atoms with Crippen molar-refractivity contribution < 1.29 is 14.3 Å². The summed E-state index contributed by atoms with van der Waals surface area (Å²) < 4.78 is 7.13. The molecule has 1 atom stereocenters. The highest BCUT2D eigenvalue weighted by Gasteiger charge is 2.28. The number of fused-ring (bicyclic) bond motifs is 1. The highest BCUT2D eigenvalue weighted by molar-refractivity contribution is 5.87. The van der Waals surface area contributed by atoms with Crippen LogP contribution in [0.5, 0.6) is 5.75 Å². The summed E-state index contributed by atoms with van der Waals surface area (Å²) in [5.41, 5.74) is 4.18. The number of nitrogens with one attached hydrogen (secondary N) is 2. The molecule has 1 aliphatic heterocycles. The zero-order valence-electron chi connectivity index (χ0n) is 23.1. The lowest BCUT2D eigenvalue weighted by Gasteiger charge is -2.35. The van der Waals surface area contributed by atoms with E-state index in [1.54, 1.807) is 7.11 Å². The fraction of sp³-hybridized carbons (Fsp3) is 0.367. The normalized spacial score (nSPS) is 14.6. The minimum atomic E-state index is -0.669. The van der Waals surface area contributed by atoms with Gasteiger partial charge in [0.05, 0.1) is 7.11 Å². The van der Waals surface area contributed by atoms with Gasteiger partial charge < -0.3 is 20.3 Å². The van der Waals surface area contributed by atoms with E-state index in [9.17, 15) is 9.59 Å². The van der Waals surface area contributed by atoms with Crippen LogP contribution in [0.15, 0.2) is 60.9 Å². The molecule has 2 aromatic heterocycles. The Hall–Kier alpha value is -4.47. The number of amides is 2. The quantitative estimate of drug-likeness (QED) is 0.335. The van der Waals surface area contributed by atoms with Crippen molar-refractivity contribution in [3.63, 3.8) is 0 Å². The van der Waals surface area contributed by atoms with E-state index in [1.165, 1.54) is 18.8 Å². The van der Waals surface area contributed by atoms with Crippen LogP contribution in [0, 0.1) is 6.92 Å². The summed E-state index contributed by atoms with van der Waals surface area (Å²) in [5.74, 6) is 1.87. The molecule has 208 valence electrons. The molecule has 0 radical (unpaired) electrons. The van der Waals surface area contributed by atoms with Crippen molar-refractivity contribution in [2.45, 2.75) is 51.6 Å². The highest BCUT2D eigenvalue weighted by Crippen LogP contribution is 2.28. The summed E-state index contributed by atoms with van der Waals surface area (Å²) in [4.78, 5) is 36.5. The molecule has 3 heterocycles. The van der Waals surface area contributed by atoms with Gasteiger partial charge in [0.25, 0.3) is 5.78 Å². The third-order valence-corrected chi connectivity index (χ3v) is 7.34. The number of carbonyl (C=O) groups excluding carboxylic acids is 2. The van der Waals surface area contributed by atoms with Crippen LogP contribution in [0.3, 0.4) is 0 Å². The van der Waals surface area contributed by atoms with Crippen LogP contribution in [0.2, 0.25) is 0 Å². The number of carbonyl (C=O) groups is 2. The number of benzene rings is 2. The largest absolute Gasteiger partial charge is 0.497 e. The lowest BCUT2D eigenvalue weighted by Crippen LogP contribution is -2.52. The molecule has 10 heteroatoms. The standard InChI is InChI=1S/C30H35N7O3/c1-20-26(17-22-8-5-4-6-9-22)29(37-30(33-20)31-19-32-37)36-14-12-24(13-15-36)35-28(39)27(34-21(2)38)18-23-10-7-11-25(16-23)40-3/h4-11,16,19,24,27H,12-15,17-18H2,1-3H3,(H,34,38)(H,35,39)/t27-/m0/s1. The highest BCUT2D eigenvalue weighted by atomic mass is 16.5. The Morgan fingerprint density at radius 1 is 1.07 bits per heavy atom. The van der Waals surface area contributed by atoms with Gasteiger partial charge in [0, 0.05) is 50.2 Å². The topological polar surface area (TPSA) is 114 Å². The molecule has 0 unspecified atom stereocenters. The number of nitrogens with zero attached hydrogens (tertiary/aromatic N) is 5. The lowest BCUT2D eigenvalue weighted by molar-refractivity contribution is -0.128. The smallest absolute Gasteiger partial charge is 0.254 e. The van der Waals surface area contributed by atoms with Crippen LogP contribution in [-0.2, 0) is 22.4 Å². The van der Waals surface area contributed by atoms with Crippen molar-refractivity contribution in [2.75, 3.05) is 25.1 Å². The molecule has 2 aromatic carbocycles. The molecular weight excluding hydrogens is 506 g/mol. The molecule has 1 saturated heterocycles. The molecular formula is C30H35N7O3. The maximum Gasteiger partial charge on any atom is 0.254 e.